The Hall–Kier alpha value is -2.04. The zero-order chi connectivity index (χ0) is 21.4. The third kappa shape index (κ3) is 6.48. The summed E-state index contributed by atoms with van der Waals surface area (Å²) in [5, 5.41) is 32.6. The Kier molecular flexibility index (Phi) is 8.99. The molecular formula is C20H29NO8. The minimum Gasteiger partial charge on any atom is -0.497 e. The first-order chi connectivity index (χ1) is 13.9. The summed E-state index contributed by atoms with van der Waals surface area (Å²) in [6, 6.07) is 5.34. The first-order valence-electron chi connectivity index (χ1n) is 9.55. The van der Waals surface area contributed by atoms with Crippen LogP contribution in [0.4, 0.5) is 0 Å². The third-order valence-electron chi connectivity index (χ3n) is 4.74. The van der Waals surface area contributed by atoms with Crippen molar-refractivity contribution in [3.63, 3.8) is 0 Å². The van der Waals surface area contributed by atoms with Crippen LogP contribution in [0.1, 0.15) is 36.5 Å². The fraction of sp³-hybridized carbons (Fsp3) is 0.600. The Labute approximate surface area is 169 Å². The standard InChI is InChI=1S/C20H29NO8/c1-12(23)5-3-4-10-28-20-16(18(25)17(24)15(11-22)29-20)21-19(26)13-6-8-14(27-2)9-7-13/h6-9,15-18,20,22,24-25H,3-5,10-11H2,1-2H3,(H,21,26)/t15?,16?,17-,18-,20-/m1/s1. The number of carbonyl (C=O) groups is 2. The number of Topliss-reactive ketones (excluding diaryl/α,β-unsaturated/α-hetero) is 1. The first kappa shape index (κ1) is 23.2. The highest BCUT2D eigenvalue weighted by Gasteiger charge is 2.45. The maximum atomic E-state index is 12.6. The molecule has 1 aromatic carbocycles. The molecule has 1 aliphatic heterocycles. The molecule has 0 aromatic heterocycles. The number of nitrogens with one attached hydrogen (secondary N) is 1. The third-order valence-corrected chi connectivity index (χ3v) is 4.74. The molecule has 1 heterocycles. The van der Waals surface area contributed by atoms with Crippen LogP contribution in [0.25, 0.3) is 0 Å². The SMILES string of the molecule is COc1ccc(C(=O)NC2[C@H](OCCCCC(C)=O)OC(CO)[C@@H](O)[C@@H]2O)cc1. The summed E-state index contributed by atoms with van der Waals surface area (Å²) < 4.78 is 16.3. The lowest BCUT2D eigenvalue weighted by Gasteiger charge is -2.42. The Bertz CT molecular complexity index is 665. The molecule has 1 aromatic rings. The van der Waals surface area contributed by atoms with Crippen LogP contribution in [0.5, 0.6) is 5.75 Å². The first-order valence-corrected chi connectivity index (χ1v) is 9.55. The van der Waals surface area contributed by atoms with Crippen molar-refractivity contribution in [3.8, 4) is 5.75 Å². The number of aliphatic hydroxyl groups is 3. The summed E-state index contributed by atoms with van der Waals surface area (Å²) >= 11 is 0. The molecule has 0 aliphatic carbocycles. The van der Waals surface area contributed by atoms with Crippen LogP contribution in [-0.2, 0) is 14.3 Å². The second-order valence-corrected chi connectivity index (χ2v) is 6.96. The summed E-state index contributed by atoms with van der Waals surface area (Å²) in [4.78, 5) is 23.6. The number of ether oxygens (including phenoxy) is 3. The molecule has 29 heavy (non-hydrogen) atoms. The van der Waals surface area contributed by atoms with E-state index in [2.05, 4.69) is 5.32 Å². The zero-order valence-corrected chi connectivity index (χ0v) is 16.6. The summed E-state index contributed by atoms with van der Waals surface area (Å²) in [6.07, 6.45) is -3.23. The molecule has 0 radical (unpaired) electrons. The van der Waals surface area contributed by atoms with Gasteiger partial charge in [-0.05, 0) is 44.0 Å². The largest absolute Gasteiger partial charge is 0.497 e. The highest BCUT2D eigenvalue weighted by molar-refractivity contribution is 5.94. The van der Waals surface area contributed by atoms with E-state index in [-0.39, 0.29) is 12.4 Å². The molecule has 2 rings (SSSR count). The molecule has 9 nitrogen and oxygen atoms in total. The van der Waals surface area contributed by atoms with Crippen LogP contribution in [-0.4, -0.2) is 78.0 Å². The van der Waals surface area contributed by atoms with E-state index in [9.17, 15) is 24.9 Å². The van der Waals surface area contributed by atoms with Gasteiger partial charge in [-0.2, -0.15) is 0 Å². The number of hydrogen-bond acceptors (Lipinski definition) is 8. The van der Waals surface area contributed by atoms with Crippen molar-refractivity contribution in [1.29, 1.82) is 0 Å². The number of carbonyl (C=O) groups excluding carboxylic acids is 2. The lowest BCUT2D eigenvalue weighted by Crippen LogP contribution is -2.64. The Morgan fingerprint density at radius 1 is 1.14 bits per heavy atom. The van der Waals surface area contributed by atoms with Crippen molar-refractivity contribution in [2.75, 3.05) is 20.3 Å². The number of aliphatic hydroxyl groups excluding tert-OH is 3. The monoisotopic (exact) mass is 411 g/mol. The molecule has 1 aliphatic rings. The van der Waals surface area contributed by atoms with E-state index in [4.69, 9.17) is 14.2 Å². The number of methoxy groups -OCH3 is 1. The van der Waals surface area contributed by atoms with E-state index < -0.39 is 43.2 Å². The van der Waals surface area contributed by atoms with Crippen molar-refractivity contribution < 1.29 is 39.1 Å². The molecule has 2 unspecified atom stereocenters. The van der Waals surface area contributed by atoms with E-state index >= 15 is 0 Å². The van der Waals surface area contributed by atoms with Gasteiger partial charge in [-0.1, -0.05) is 0 Å². The number of unbranched alkanes of at least 4 members (excludes halogenated alkanes) is 1. The van der Waals surface area contributed by atoms with Gasteiger partial charge in [0.25, 0.3) is 5.91 Å². The van der Waals surface area contributed by atoms with E-state index in [1.165, 1.54) is 14.0 Å². The van der Waals surface area contributed by atoms with E-state index in [0.29, 0.717) is 30.6 Å². The van der Waals surface area contributed by atoms with Crippen LogP contribution >= 0.6 is 0 Å². The molecule has 1 amide bonds. The molecule has 5 atom stereocenters. The normalized spacial score (nSPS) is 26.7. The summed E-state index contributed by atoms with van der Waals surface area (Å²) in [5.41, 5.74) is 0.331. The Balaban J connectivity index is 2.03. The van der Waals surface area contributed by atoms with Gasteiger partial charge in [-0.15, -0.1) is 0 Å². The predicted molar refractivity (Wildman–Crippen MR) is 102 cm³/mol. The van der Waals surface area contributed by atoms with Gasteiger partial charge in [0.05, 0.1) is 13.7 Å². The van der Waals surface area contributed by atoms with Gasteiger partial charge >= 0.3 is 0 Å². The van der Waals surface area contributed by atoms with Gasteiger partial charge in [0.2, 0.25) is 0 Å². The van der Waals surface area contributed by atoms with Gasteiger partial charge < -0.3 is 39.6 Å². The van der Waals surface area contributed by atoms with Crippen LogP contribution in [0, 0.1) is 0 Å². The molecule has 0 saturated carbocycles. The number of hydrogen-bond donors (Lipinski definition) is 4. The molecule has 162 valence electrons. The Morgan fingerprint density at radius 3 is 2.41 bits per heavy atom. The fourth-order valence-electron chi connectivity index (χ4n) is 3.03. The molecule has 0 spiro atoms. The quantitative estimate of drug-likeness (QED) is 0.396. The minimum absolute atomic E-state index is 0.0856. The topological polar surface area (TPSA) is 135 Å². The number of benzene rings is 1. The summed E-state index contributed by atoms with van der Waals surface area (Å²) in [5.74, 6) is 0.193. The van der Waals surface area contributed by atoms with Crippen molar-refractivity contribution in [3.05, 3.63) is 29.8 Å². The van der Waals surface area contributed by atoms with Crippen LogP contribution in [0.15, 0.2) is 24.3 Å². The molecule has 4 N–H and O–H groups in total. The molecule has 1 saturated heterocycles. The zero-order valence-electron chi connectivity index (χ0n) is 16.6. The summed E-state index contributed by atoms with van der Waals surface area (Å²) in [7, 11) is 1.52. The minimum atomic E-state index is -1.40. The van der Waals surface area contributed by atoms with Crippen LogP contribution in [0.2, 0.25) is 0 Å². The second-order valence-electron chi connectivity index (χ2n) is 6.96. The lowest BCUT2D eigenvalue weighted by molar-refractivity contribution is -0.269. The molecular weight excluding hydrogens is 382 g/mol. The lowest BCUT2D eigenvalue weighted by atomic mass is 9.96. The van der Waals surface area contributed by atoms with E-state index in [1.807, 2.05) is 0 Å². The van der Waals surface area contributed by atoms with Gasteiger partial charge in [0, 0.05) is 18.6 Å². The van der Waals surface area contributed by atoms with Gasteiger partial charge in [-0.3, -0.25) is 4.79 Å². The highest BCUT2D eigenvalue weighted by atomic mass is 16.7. The molecule has 9 heteroatoms. The number of rotatable bonds is 10. The smallest absolute Gasteiger partial charge is 0.251 e. The van der Waals surface area contributed by atoms with Gasteiger partial charge in [0.15, 0.2) is 6.29 Å². The van der Waals surface area contributed by atoms with Crippen molar-refractivity contribution >= 4 is 11.7 Å². The van der Waals surface area contributed by atoms with E-state index in [1.54, 1.807) is 24.3 Å². The van der Waals surface area contributed by atoms with Crippen molar-refractivity contribution in [2.45, 2.75) is 56.8 Å². The number of ketones is 1. The highest BCUT2D eigenvalue weighted by Crippen LogP contribution is 2.23. The summed E-state index contributed by atoms with van der Waals surface area (Å²) in [6.45, 7) is 1.23. The number of amides is 1. The van der Waals surface area contributed by atoms with Crippen molar-refractivity contribution in [2.24, 2.45) is 0 Å². The van der Waals surface area contributed by atoms with Gasteiger partial charge in [0.1, 0.15) is 35.9 Å². The average Bonchev–Trinajstić information content (AvgIpc) is 2.72. The average molecular weight is 411 g/mol. The van der Waals surface area contributed by atoms with Gasteiger partial charge in [-0.25, -0.2) is 0 Å². The fourth-order valence-corrected chi connectivity index (χ4v) is 3.03. The Morgan fingerprint density at radius 2 is 1.83 bits per heavy atom. The molecule has 1 fully saturated rings. The van der Waals surface area contributed by atoms with Crippen LogP contribution < -0.4 is 10.1 Å². The van der Waals surface area contributed by atoms with Crippen LogP contribution in [0.3, 0.4) is 0 Å². The second kappa shape index (κ2) is 11.2. The molecule has 0 bridgehead atoms. The maximum Gasteiger partial charge on any atom is 0.251 e. The predicted octanol–water partition coefficient (Wildman–Crippen LogP) is 0.00850. The maximum absolute atomic E-state index is 12.6. The van der Waals surface area contributed by atoms with E-state index in [0.717, 1.165) is 0 Å². The van der Waals surface area contributed by atoms with Crippen molar-refractivity contribution in [1.82, 2.24) is 5.32 Å².